The minimum atomic E-state index is -0.402. The lowest BCUT2D eigenvalue weighted by molar-refractivity contribution is 0.0600. The fraction of sp³-hybridized carbons (Fsp3) is 0.0588. The van der Waals surface area contributed by atoms with Crippen LogP contribution >= 0.6 is 0 Å². The van der Waals surface area contributed by atoms with E-state index in [1.807, 2.05) is 0 Å². The highest BCUT2D eigenvalue weighted by Crippen LogP contribution is 2.13. The van der Waals surface area contributed by atoms with Crippen LogP contribution in [-0.4, -0.2) is 24.0 Å². The number of hydrogen-bond acceptors (Lipinski definition) is 4. The summed E-state index contributed by atoms with van der Waals surface area (Å²) >= 11 is 0. The van der Waals surface area contributed by atoms with Gasteiger partial charge in [-0.25, -0.2) is 4.79 Å². The van der Waals surface area contributed by atoms with E-state index in [1.165, 1.54) is 25.3 Å². The summed E-state index contributed by atoms with van der Waals surface area (Å²) in [4.78, 5) is 23.2. The van der Waals surface area contributed by atoms with E-state index in [9.17, 15) is 14.7 Å². The van der Waals surface area contributed by atoms with E-state index in [2.05, 4.69) is 4.74 Å². The van der Waals surface area contributed by atoms with Gasteiger partial charge in [0.2, 0.25) is 0 Å². The number of carbonyl (C=O) groups is 2. The molecule has 0 aliphatic rings. The van der Waals surface area contributed by atoms with Crippen LogP contribution in [0.25, 0.3) is 6.08 Å². The zero-order chi connectivity index (χ0) is 15.2. The van der Waals surface area contributed by atoms with Gasteiger partial charge in [0.15, 0.2) is 5.78 Å². The first-order chi connectivity index (χ1) is 10.1. The van der Waals surface area contributed by atoms with Gasteiger partial charge in [-0.1, -0.05) is 30.3 Å². The van der Waals surface area contributed by atoms with Crippen LogP contribution in [0.3, 0.4) is 0 Å². The number of methoxy groups -OCH3 is 1. The molecule has 2 rings (SSSR count). The van der Waals surface area contributed by atoms with E-state index in [0.717, 1.165) is 5.56 Å². The first-order valence-corrected chi connectivity index (χ1v) is 6.30. The first kappa shape index (κ1) is 14.5. The van der Waals surface area contributed by atoms with Crippen LogP contribution < -0.4 is 0 Å². The fourth-order valence-electron chi connectivity index (χ4n) is 1.78. The molecule has 0 radical (unpaired) electrons. The molecule has 21 heavy (non-hydrogen) atoms. The second kappa shape index (κ2) is 6.52. The Balaban J connectivity index is 2.10. The van der Waals surface area contributed by atoms with Crippen molar-refractivity contribution in [2.75, 3.05) is 7.11 Å². The van der Waals surface area contributed by atoms with Gasteiger partial charge in [-0.2, -0.15) is 0 Å². The summed E-state index contributed by atoms with van der Waals surface area (Å²) in [6.45, 7) is 0. The molecule has 2 aromatic carbocycles. The molecule has 0 amide bonds. The average Bonchev–Trinajstić information content (AvgIpc) is 2.52. The van der Waals surface area contributed by atoms with Crippen LogP contribution in [0.1, 0.15) is 26.3 Å². The molecule has 0 heterocycles. The summed E-state index contributed by atoms with van der Waals surface area (Å²) in [5.74, 6) is -0.555. The SMILES string of the molecule is COC(=O)c1ccc(C=CC(=O)c2cccc(O)c2)cc1. The molecule has 2 aromatic rings. The van der Waals surface area contributed by atoms with E-state index in [1.54, 1.807) is 42.5 Å². The Labute approximate surface area is 122 Å². The second-order valence-corrected chi connectivity index (χ2v) is 4.36. The number of esters is 1. The molecule has 0 fully saturated rings. The van der Waals surface area contributed by atoms with Crippen molar-refractivity contribution in [2.24, 2.45) is 0 Å². The molecule has 0 saturated carbocycles. The number of allylic oxidation sites excluding steroid dienone is 1. The molecule has 0 spiro atoms. The lowest BCUT2D eigenvalue weighted by Gasteiger charge is -1.99. The molecule has 0 unspecified atom stereocenters. The minimum Gasteiger partial charge on any atom is -0.508 e. The van der Waals surface area contributed by atoms with E-state index < -0.39 is 5.97 Å². The number of phenols is 1. The summed E-state index contributed by atoms with van der Waals surface area (Å²) in [7, 11) is 1.32. The highest BCUT2D eigenvalue weighted by molar-refractivity contribution is 6.07. The predicted molar refractivity (Wildman–Crippen MR) is 79.3 cm³/mol. The normalized spacial score (nSPS) is 10.5. The summed E-state index contributed by atoms with van der Waals surface area (Å²) in [5.41, 5.74) is 1.66. The van der Waals surface area contributed by atoms with Gasteiger partial charge in [-0.3, -0.25) is 4.79 Å². The Morgan fingerprint density at radius 2 is 1.76 bits per heavy atom. The molecule has 0 saturated heterocycles. The fourth-order valence-corrected chi connectivity index (χ4v) is 1.78. The molecule has 0 aliphatic heterocycles. The van der Waals surface area contributed by atoms with E-state index in [4.69, 9.17) is 0 Å². The standard InChI is InChI=1S/C17H14O4/c1-21-17(20)13-8-5-12(6-9-13)7-10-16(19)14-3-2-4-15(18)11-14/h2-11,18H,1H3. The van der Waals surface area contributed by atoms with Crippen molar-refractivity contribution in [1.82, 2.24) is 0 Å². The average molecular weight is 282 g/mol. The first-order valence-electron chi connectivity index (χ1n) is 6.30. The quantitative estimate of drug-likeness (QED) is 0.532. The van der Waals surface area contributed by atoms with Crippen LogP contribution in [0, 0.1) is 0 Å². The summed E-state index contributed by atoms with van der Waals surface area (Å²) in [6, 6.07) is 12.9. The molecule has 106 valence electrons. The maximum Gasteiger partial charge on any atom is 0.337 e. The topological polar surface area (TPSA) is 63.6 Å². The monoisotopic (exact) mass is 282 g/mol. The predicted octanol–water partition coefficient (Wildman–Crippen LogP) is 3.07. The number of aromatic hydroxyl groups is 1. The van der Waals surface area contributed by atoms with Gasteiger partial charge in [-0.15, -0.1) is 0 Å². The number of carbonyl (C=O) groups excluding carboxylic acids is 2. The molecule has 0 bridgehead atoms. The number of ether oxygens (including phenoxy) is 1. The molecule has 4 heteroatoms. The summed E-state index contributed by atoms with van der Waals surface area (Å²) in [6.07, 6.45) is 3.06. The molecule has 4 nitrogen and oxygen atoms in total. The Kier molecular flexibility index (Phi) is 4.51. The Hall–Kier alpha value is -2.88. The zero-order valence-electron chi connectivity index (χ0n) is 11.4. The van der Waals surface area contributed by atoms with Crippen molar-refractivity contribution in [2.45, 2.75) is 0 Å². The van der Waals surface area contributed by atoms with Gasteiger partial charge in [0.05, 0.1) is 12.7 Å². The van der Waals surface area contributed by atoms with E-state index in [0.29, 0.717) is 11.1 Å². The van der Waals surface area contributed by atoms with Crippen molar-refractivity contribution < 1.29 is 19.4 Å². The largest absolute Gasteiger partial charge is 0.508 e. The lowest BCUT2D eigenvalue weighted by atomic mass is 10.1. The Bertz CT molecular complexity index is 684. The van der Waals surface area contributed by atoms with Crippen LogP contribution in [0.15, 0.2) is 54.6 Å². The van der Waals surface area contributed by atoms with Crippen molar-refractivity contribution in [3.63, 3.8) is 0 Å². The van der Waals surface area contributed by atoms with Crippen molar-refractivity contribution in [3.8, 4) is 5.75 Å². The van der Waals surface area contributed by atoms with Crippen LogP contribution in [-0.2, 0) is 4.74 Å². The maximum absolute atomic E-state index is 11.9. The molecule has 0 aliphatic carbocycles. The van der Waals surface area contributed by atoms with Crippen LogP contribution in [0.5, 0.6) is 5.75 Å². The highest BCUT2D eigenvalue weighted by Gasteiger charge is 2.04. The zero-order valence-corrected chi connectivity index (χ0v) is 11.4. The van der Waals surface area contributed by atoms with Gasteiger partial charge < -0.3 is 9.84 Å². The minimum absolute atomic E-state index is 0.0525. The molecular weight excluding hydrogens is 268 g/mol. The molecule has 0 atom stereocenters. The summed E-state index contributed by atoms with van der Waals surface area (Å²) in [5, 5.41) is 9.33. The number of rotatable bonds is 4. The second-order valence-electron chi connectivity index (χ2n) is 4.36. The van der Waals surface area contributed by atoms with Crippen molar-refractivity contribution in [1.29, 1.82) is 0 Å². The van der Waals surface area contributed by atoms with Crippen LogP contribution in [0.4, 0.5) is 0 Å². The third-order valence-electron chi connectivity index (χ3n) is 2.89. The third kappa shape index (κ3) is 3.79. The molecule has 1 N–H and O–H groups in total. The Morgan fingerprint density at radius 1 is 1.05 bits per heavy atom. The van der Waals surface area contributed by atoms with Crippen molar-refractivity contribution in [3.05, 3.63) is 71.3 Å². The smallest absolute Gasteiger partial charge is 0.337 e. The van der Waals surface area contributed by atoms with Gasteiger partial charge >= 0.3 is 5.97 Å². The molecular formula is C17H14O4. The number of benzene rings is 2. The molecule has 0 aromatic heterocycles. The van der Waals surface area contributed by atoms with Gasteiger partial charge in [0, 0.05) is 5.56 Å². The lowest BCUT2D eigenvalue weighted by Crippen LogP contribution is -2.00. The third-order valence-corrected chi connectivity index (χ3v) is 2.89. The van der Waals surface area contributed by atoms with Gasteiger partial charge in [-0.05, 0) is 35.9 Å². The van der Waals surface area contributed by atoms with Crippen LogP contribution in [0.2, 0.25) is 0 Å². The van der Waals surface area contributed by atoms with Crippen molar-refractivity contribution >= 4 is 17.8 Å². The van der Waals surface area contributed by atoms with E-state index in [-0.39, 0.29) is 11.5 Å². The van der Waals surface area contributed by atoms with Gasteiger partial charge in [0.25, 0.3) is 0 Å². The van der Waals surface area contributed by atoms with Gasteiger partial charge in [0.1, 0.15) is 5.75 Å². The highest BCUT2D eigenvalue weighted by atomic mass is 16.5. The maximum atomic E-state index is 11.9. The Morgan fingerprint density at radius 3 is 2.38 bits per heavy atom. The van der Waals surface area contributed by atoms with E-state index >= 15 is 0 Å². The number of ketones is 1. The number of phenolic OH excluding ortho intramolecular Hbond substituents is 1. The summed E-state index contributed by atoms with van der Waals surface area (Å²) < 4.78 is 4.61. The number of hydrogen-bond donors (Lipinski definition) is 1.